The van der Waals surface area contributed by atoms with E-state index in [2.05, 4.69) is 27.4 Å². The predicted octanol–water partition coefficient (Wildman–Crippen LogP) is 3.68. The second-order valence-electron chi connectivity index (χ2n) is 7.12. The first-order valence-electron chi connectivity index (χ1n) is 7.42. The van der Waals surface area contributed by atoms with Gasteiger partial charge in [0.2, 0.25) is 0 Å². The Morgan fingerprint density at radius 1 is 1.33 bits per heavy atom. The van der Waals surface area contributed by atoms with Gasteiger partial charge in [0.05, 0.1) is 11.7 Å². The minimum atomic E-state index is -0.0307. The molecular formula is C15H25BO2. The fourth-order valence-corrected chi connectivity index (χ4v) is 4.50. The second-order valence-corrected chi connectivity index (χ2v) is 7.12. The molecule has 0 spiro atoms. The highest BCUT2D eigenvalue weighted by Crippen LogP contribution is 2.65. The molecule has 3 saturated carbocycles. The van der Waals surface area contributed by atoms with E-state index in [1.807, 2.05) is 6.08 Å². The van der Waals surface area contributed by atoms with Crippen molar-refractivity contribution in [3.63, 3.8) is 0 Å². The molecule has 0 unspecified atom stereocenters. The van der Waals surface area contributed by atoms with Crippen LogP contribution in [0.4, 0.5) is 0 Å². The first-order valence-corrected chi connectivity index (χ1v) is 7.42. The molecule has 3 heteroatoms. The molecule has 3 aliphatic carbocycles. The highest BCUT2D eigenvalue weighted by atomic mass is 16.7. The molecule has 0 amide bonds. The maximum atomic E-state index is 6.33. The van der Waals surface area contributed by atoms with Crippen LogP contribution in [0.5, 0.6) is 0 Å². The lowest BCUT2D eigenvalue weighted by Crippen LogP contribution is -2.65. The van der Waals surface area contributed by atoms with E-state index in [4.69, 9.17) is 9.31 Å². The maximum absolute atomic E-state index is 6.33. The van der Waals surface area contributed by atoms with Crippen LogP contribution in [0.15, 0.2) is 12.7 Å². The number of rotatable bonds is 4. The van der Waals surface area contributed by atoms with Crippen molar-refractivity contribution in [2.24, 2.45) is 17.3 Å². The molecule has 0 aromatic heterocycles. The number of allylic oxidation sites excluding steroid dienone is 1. The smallest absolute Gasteiger partial charge is 0.405 e. The molecule has 1 aliphatic heterocycles. The quantitative estimate of drug-likeness (QED) is 0.429. The topological polar surface area (TPSA) is 18.5 Å². The van der Waals surface area contributed by atoms with E-state index in [0.717, 1.165) is 25.1 Å². The number of hydrogen-bond acceptors (Lipinski definition) is 2. The predicted molar refractivity (Wildman–Crippen MR) is 74.4 cm³/mol. The van der Waals surface area contributed by atoms with Gasteiger partial charge in [-0.05, 0) is 49.8 Å². The summed E-state index contributed by atoms with van der Waals surface area (Å²) in [5, 5.41) is 0. The lowest BCUT2D eigenvalue weighted by atomic mass is 9.43. The van der Waals surface area contributed by atoms with Crippen molar-refractivity contribution < 1.29 is 9.31 Å². The average Bonchev–Trinajstić information content (AvgIpc) is 2.64. The maximum Gasteiger partial charge on any atom is 0.457 e. The molecule has 2 bridgehead atoms. The van der Waals surface area contributed by atoms with Crippen molar-refractivity contribution in [1.29, 1.82) is 0 Å². The van der Waals surface area contributed by atoms with Gasteiger partial charge in [-0.15, -0.1) is 6.58 Å². The lowest BCUT2D eigenvalue weighted by molar-refractivity contribution is -0.199. The van der Waals surface area contributed by atoms with Crippen LogP contribution in [0.2, 0.25) is 6.32 Å². The molecule has 4 rings (SSSR count). The Hall–Kier alpha value is -0.275. The Balaban J connectivity index is 1.67. The Bertz CT molecular complexity index is 354. The third kappa shape index (κ3) is 1.63. The van der Waals surface area contributed by atoms with Gasteiger partial charge in [-0.1, -0.05) is 26.3 Å². The largest absolute Gasteiger partial charge is 0.457 e. The van der Waals surface area contributed by atoms with Gasteiger partial charge in [0.25, 0.3) is 0 Å². The van der Waals surface area contributed by atoms with Crippen molar-refractivity contribution in [3.05, 3.63) is 12.7 Å². The highest BCUT2D eigenvalue weighted by molar-refractivity contribution is 6.45. The summed E-state index contributed by atoms with van der Waals surface area (Å²) < 4.78 is 12.5. The van der Waals surface area contributed by atoms with E-state index in [0.29, 0.717) is 17.4 Å². The van der Waals surface area contributed by atoms with Crippen LogP contribution in [0.1, 0.15) is 46.5 Å². The monoisotopic (exact) mass is 248 g/mol. The van der Waals surface area contributed by atoms with Gasteiger partial charge in [-0.3, -0.25) is 0 Å². The molecule has 4 fully saturated rings. The summed E-state index contributed by atoms with van der Waals surface area (Å²) in [5.74, 6) is 1.52. The molecule has 4 atom stereocenters. The van der Waals surface area contributed by atoms with Gasteiger partial charge in [0.1, 0.15) is 0 Å². The van der Waals surface area contributed by atoms with Gasteiger partial charge in [-0.25, -0.2) is 0 Å². The molecule has 2 nitrogen and oxygen atoms in total. The van der Waals surface area contributed by atoms with Crippen molar-refractivity contribution in [1.82, 2.24) is 0 Å². The zero-order valence-corrected chi connectivity index (χ0v) is 11.9. The van der Waals surface area contributed by atoms with Gasteiger partial charge in [0, 0.05) is 0 Å². The van der Waals surface area contributed by atoms with Crippen LogP contribution in [-0.4, -0.2) is 18.8 Å². The lowest BCUT2D eigenvalue weighted by Gasteiger charge is -2.64. The average molecular weight is 248 g/mol. The fourth-order valence-electron chi connectivity index (χ4n) is 4.50. The van der Waals surface area contributed by atoms with E-state index in [-0.39, 0.29) is 12.7 Å². The molecule has 4 aliphatic rings. The molecule has 0 radical (unpaired) electrons. The van der Waals surface area contributed by atoms with E-state index >= 15 is 0 Å². The second kappa shape index (κ2) is 4.11. The van der Waals surface area contributed by atoms with Crippen LogP contribution < -0.4 is 0 Å². The standard InChI is InChI=1S/C15H25BO2/c1-5-6-7-8-16-17-13-10-11-9-12(14(11,2)3)15(13,4)18-16/h5,11-13H,1,6-10H2,2-4H3/t11-,12-,13+,15-/m0/s1. The summed E-state index contributed by atoms with van der Waals surface area (Å²) in [6.07, 6.45) is 8.03. The summed E-state index contributed by atoms with van der Waals surface area (Å²) in [7, 11) is 0.0232. The molecule has 18 heavy (non-hydrogen) atoms. The van der Waals surface area contributed by atoms with Crippen LogP contribution in [0.25, 0.3) is 0 Å². The molecular weight excluding hydrogens is 223 g/mol. The van der Waals surface area contributed by atoms with E-state index in [9.17, 15) is 0 Å². The Morgan fingerprint density at radius 3 is 2.78 bits per heavy atom. The molecule has 1 heterocycles. The first-order chi connectivity index (χ1) is 8.48. The summed E-state index contributed by atoms with van der Waals surface area (Å²) in [6.45, 7) is 10.9. The van der Waals surface area contributed by atoms with E-state index < -0.39 is 0 Å². The van der Waals surface area contributed by atoms with Crippen molar-refractivity contribution in [2.75, 3.05) is 0 Å². The normalized spacial score (nSPS) is 44.4. The van der Waals surface area contributed by atoms with Crippen LogP contribution in [-0.2, 0) is 9.31 Å². The molecule has 1 saturated heterocycles. The zero-order valence-electron chi connectivity index (χ0n) is 11.9. The fraction of sp³-hybridized carbons (Fsp3) is 0.867. The zero-order chi connectivity index (χ0) is 13.0. The molecule has 0 N–H and O–H groups in total. The Morgan fingerprint density at radius 2 is 2.11 bits per heavy atom. The van der Waals surface area contributed by atoms with Crippen molar-refractivity contribution in [3.8, 4) is 0 Å². The minimum absolute atomic E-state index is 0.0232. The Kier molecular flexibility index (Phi) is 2.91. The summed E-state index contributed by atoms with van der Waals surface area (Å²) in [6, 6.07) is 0. The van der Waals surface area contributed by atoms with Crippen molar-refractivity contribution >= 4 is 7.12 Å². The minimum Gasteiger partial charge on any atom is -0.405 e. The third-order valence-electron chi connectivity index (χ3n) is 5.85. The van der Waals surface area contributed by atoms with Crippen molar-refractivity contribution in [2.45, 2.75) is 64.5 Å². The number of unbranched alkanes of at least 4 members (excludes halogenated alkanes) is 1. The van der Waals surface area contributed by atoms with Crippen LogP contribution in [0.3, 0.4) is 0 Å². The summed E-state index contributed by atoms with van der Waals surface area (Å²) in [5.41, 5.74) is 0.418. The van der Waals surface area contributed by atoms with Gasteiger partial charge in [-0.2, -0.15) is 0 Å². The third-order valence-corrected chi connectivity index (χ3v) is 5.85. The SMILES string of the molecule is C=CCCCB1O[C@@H]2C[C@@H]3C[C@@H](C3(C)C)[C@]2(C)O1. The van der Waals surface area contributed by atoms with Gasteiger partial charge in [0.15, 0.2) is 0 Å². The molecule has 0 aromatic rings. The number of hydrogen-bond donors (Lipinski definition) is 0. The van der Waals surface area contributed by atoms with Gasteiger partial charge < -0.3 is 9.31 Å². The molecule has 100 valence electrons. The van der Waals surface area contributed by atoms with E-state index in [1.165, 1.54) is 12.8 Å². The highest BCUT2D eigenvalue weighted by Gasteiger charge is 2.67. The summed E-state index contributed by atoms with van der Waals surface area (Å²) >= 11 is 0. The summed E-state index contributed by atoms with van der Waals surface area (Å²) in [4.78, 5) is 0. The van der Waals surface area contributed by atoms with Crippen LogP contribution >= 0.6 is 0 Å². The van der Waals surface area contributed by atoms with Crippen LogP contribution in [0, 0.1) is 17.3 Å². The van der Waals surface area contributed by atoms with E-state index in [1.54, 1.807) is 0 Å². The molecule has 0 aromatic carbocycles. The van der Waals surface area contributed by atoms with Gasteiger partial charge >= 0.3 is 7.12 Å². The first kappa shape index (κ1) is 12.7. The Labute approximate surface area is 111 Å².